The quantitative estimate of drug-likeness (QED) is 0.413. The molecule has 1 saturated heterocycles. The maximum Gasteiger partial charge on any atom is 0.400 e. The lowest BCUT2D eigenvalue weighted by atomic mass is 10.1. The summed E-state index contributed by atoms with van der Waals surface area (Å²) in [4.78, 5) is 13.6. The highest BCUT2D eigenvalue weighted by Crippen LogP contribution is 2.33. The highest BCUT2D eigenvalue weighted by Gasteiger charge is 2.36. The number of carbonyl (C=O) groups is 1. The van der Waals surface area contributed by atoms with Crippen LogP contribution in [0.5, 0.6) is 0 Å². The molecule has 28 heavy (non-hydrogen) atoms. The van der Waals surface area contributed by atoms with Crippen molar-refractivity contribution in [3.05, 3.63) is 28.7 Å². The van der Waals surface area contributed by atoms with E-state index in [1.54, 1.807) is 11.8 Å². The number of hydroxylamine groups is 2. The number of carbonyl (C=O) groups excluding carboxylic acids is 1. The van der Waals surface area contributed by atoms with E-state index in [1.165, 1.54) is 6.92 Å². The molecule has 1 heterocycles. The third-order valence-corrected chi connectivity index (χ3v) is 6.55. The second-order valence-electron chi connectivity index (χ2n) is 7.15. The van der Waals surface area contributed by atoms with Gasteiger partial charge in [-0.25, -0.2) is 4.39 Å². The summed E-state index contributed by atoms with van der Waals surface area (Å²) in [7, 11) is -2.43. The zero-order valence-electron chi connectivity index (χ0n) is 16.0. The molecule has 2 rings (SSSR count). The van der Waals surface area contributed by atoms with Crippen molar-refractivity contribution >= 4 is 22.4 Å². The lowest BCUT2D eigenvalue weighted by Crippen LogP contribution is -2.59. The predicted octanol–water partition coefficient (Wildman–Crippen LogP) is 3.50. The lowest BCUT2D eigenvalue weighted by molar-refractivity contribution is -0.136. The van der Waals surface area contributed by atoms with E-state index in [9.17, 15) is 31.8 Å². The average molecular weight is 424 g/mol. The van der Waals surface area contributed by atoms with Gasteiger partial charge in [-0.2, -0.15) is 13.2 Å². The summed E-state index contributed by atoms with van der Waals surface area (Å²) in [5.74, 6) is -2.67. The summed E-state index contributed by atoms with van der Waals surface area (Å²) >= 11 is 0. The topological polar surface area (TPSA) is 60.4 Å². The van der Waals surface area contributed by atoms with Gasteiger partial charge >= 0.3 is 6.18 Å². The van der Waals surface area contributed by atoms with Crippen LogP contribution in [0.15, 0.2) is 17.0 Å². The fraction of sp³-hybridized carbons (Fsp3) is 0.611. The van der Waals surface area contributed by atoms with Crippen LogP contribution in [0.2, 0.25) is 0 Å². The maximum absolute atomic E-state index is 14.5. The molecule has 1 amide bonds. The van der Waals surface area contributed by atoms with Crippen LogP contribution < -0.4 is 4.65 Å². The van der Waals surface area contributed by atoms with Crippen molar-refractivity contribution in [2.75, 3.05) is 31.9 Å². The first-order valence-electron chi connectivity index (χ1n) is 9.00. The van der Waals surface area contributed by atoms with Gasteiger partial charge in [0.1, 0.15) is 18.8 Å². The zero-order valence-corrected chi connectivity index (χ0v) is 16.8. The Hall–Kier alpha value is -1.52. The minimum Gasteiger partial charge on any atom is -0.627 e. The predicted molar refractivity (Wildman–Crippen MR) is 99.4 cm³/mol. The van der Waals surface area contributed by atoms with Crippen molar-refractivity contribution < 1.29 is 26.6 Å². The van der Waals surface area contributed by atoms with Gasteiger partial charge in [-0.05, 0) is 25.0 Å². The molecule has 1 fully saturated rings. The maximum atomic E-state index is 14.5. The van der Waals surface area contributed by atoms with Gasteiger partial charge in [0.2, 0.25) is 5.91 Å². The van der Waals surface area contributed by atoms with E-state index in [0.717, 1.165) is 12.1 Å². The van der Waals surface area contributed by atoms with Gasteiger partial charge in [-0.1, -0.05) is 13.8 Å². The lowest BCUT2D eigenvalue weighted by Gasteiger charge is -2.48. The molecule has 0 spiro atoms. The first-order valence-corrected chi connectivity index (χ1v) is 10.3. The van der Waals surface area contributed by atoms with E-state index in [0.29, 0.717) is 6.42 Å². The number of rotatable bonds is 5. The van der Waals surface area contributed by atoms with Gasteiger partial charge in [-0.3, -0.25) is 9.00 Å². The molecule has 1 aromatic carbocycles. The van der Waals surface area contributed by atoms with Gasteiger partial charge in [0.25, 0.3) is 0 Å². The number of aryl methyl sites for hydroxylation is 1. The van der Waals surface area contributed by atoms with E-state index >= 15 is 0 Å². The fourth-order valence-electron chi connectivity index (χ4n) is 3.16. The van der Waals surface area contributed by atoms with Gasteiger partial charge in [0.05, 0.1) is 23.9 Å². The van der Waals surface area contributed by atoms with Crippen molar-refractivity contribution in [3.8, 4) is 0 Å². The highest BCUT2D eigenvalue weighted by molar-refractivity contribution is 7.85. The monoisotopic (exact) mass is 424 g/mol. The molecule has 5 nitrogen and oxygen atoms in total. The Labute approximate surface area is 163 Å². The molecule has 10 heteroatoms. The third-order valence-electron chi connectivity index (χ3n) is 5.03. The molecular weight excluding hydrogens is 400 g/mol. The number of quaternary nitrogens is 1. The molecule has 0 radical (unpaired) electrons. The molecule has 2 atom stereocenters. The van der Waals surface area contributed by atoms with Crippen LogP contribution in [0.3, 0.4) is 0 Å². The Bertz CT molecular complexity index is 762. The van der Waals surface area contributed by atoms with Crippen LogP contribution in [-0.2, 0) is 15.6 Å². The van der Waals surface area contributed by atoms with Gasteiger partial charge < -0.3 is 14.8 Å². The first-order chi connectivity index (χ1) is 12.9. The smallest absolute Gasteiger partial charge is 0.400 e. The molecule has 0 aromatic heterocycles. The van der Waals surface area contributed by atoms with Gasteiger partial charge in [0.15, 0.2) is 11.5 Å². The van der Waals surface area contributed by atoms with Crippen molar-refractivity contribution in [3.63, 3.8) is 0 Å². The normalized spacial score (nSPS) is 19.4. The molecule has 0 N–H and O–H groups in total. The van der Waals surface area contributed by atoms with Crippen LogP contribution in [0.4, 0.5) is 23.2 Å². The third kappa shape index (κ3) is 5.09. The number of hydrogen-bond donors (Lipinski definition) is 0. The molecule has 0 saturated carbocycles. The van der Waals surface area contributed by atoms with Crippen molar-refractivity contribution in [2.45, 2.75) is 38.3 Å². The number of halogens is 4. The first kappa shape index (κ1) is 22.8. The summed E-state index contributed by atoms with van der Waals surface area (Å²) in [6, 6.07) is 1.94. The molecule has 1 aliphatic heterocycles. The average Bonchev–Trinajstić information content (AvgIpc) is 2.59. The molecule has 1 aromatic rings. The Morgan fingerprint density at radius 2 is 1.89 bits per heavy atom. The van der Waals surface area contributed by atoms with Crippen molar-refractivity contribution in [2.24, 2.45) is 5.92 Å². The van der Waals surface area contributed by atoms with Crippen LogP contribution in [0.1, 0.15) is 25.8 Å². The van der Waals surface area contributed by atoms with E-state index in [1.807, 2.05) is 6.92 Å². The molecule has 0 aliphatic carbocycles. The second-order valence-corrected chi connectivity index (χ2v) is 8.56. The van der Waals surface area contributed by atoms with Crippen LogP contribution in [0.25, 0.3) is 0 Å². The minimum atomic E-state index is -4.64. The summed E-state index contributed by atoms with van der Waals surface area (Å²) < 4.78 is 63.2. The number of alkyl halides is 3. The molecule has 2 unspecified atom stereocenters. The summed E-state index contributed by atoms with van der Waals surface area (Å²) in [5.41, 5.74) is -0.243. The largest absolute Gasteiger partial charge is 0.627 e. The Morgan fingerprint density at radius 3 is 2.39 bits per heavy atom. The highest BCUT2D eigenvalue weighted by atomic mass is 32.2. The number of hydrogen-bond acceptors (Lipinski definition) is 3. The van der Waals surface area contributed by atoms with E-state index < -0.39 is 33.2 Å². The Balaban J connectivity index is 2.26. The van der Waals surface area contributed by atoms with Crippen LogP contribution >= 0.6 is 0 Å². The standard InChI is InChI=1S/C18H24F4N2O3S/c1-4-12(2)17(25)23-5-7-24(26,8-6-23)15-10-16(13(3)9-14(15)19)28(27)11-18(20,21)22/h9-10,12H,4-8,11H2,1-3H3. The van der Waals surface area contributed by atoms with Crippen molar-refractivity contribution in [1.29, 1.82) is 0 Å². The number of amides is 1. The minimum absolute atomic E-state index is 0.0786. The number of benzene rings is 1. The van der Waals surface area contributed by atoms with E-state index in [-0.39, 0.29) is 54.2 Å². The van der Waals surface area contributed by atoms with Crippen LogP contribution in [0, 0.1) is 23.9 Å². The molecular formula is C18H24F4N2O3S. The Morgan fingerprint density at radius 1 is 1.32 bits per heavy atom. The second kappa shape index (κ2) is 8.46. The van der Waals surface area contributed by atoms with Crippen molar-refractivity contribution in [1.82, 2.24) is 9.55 Å². The summed E-state index contributed by atoms with van der Waals surface area (Å²) in [5, 5.41) is 13.2. The van der Waals surface area contributed by atoms with Gasteiger partial charge in [-0.15, -0.1) is 0 Å². The summed E-state index contributed by atoms with van der Waals surface area (Å²) in [6.07, 6.45) is -3.98. The molecule has 158 valence electrons. The fourth-order valence-corrected chi connectivity index (χ4v) is 4.28. The Kier molecular flexibility index (Phi) is 6.88. The molecule has 0 bridgehead atoms. The van der Waals surface area contributed by atoms with E-state index in [2.05, 4.69) is 0 Å². The number of nitrogens with zero attached hydrogens (tertiary/aromatic N) is 2. The van der Waals surface area contributed by atoms with E-state index in [4.69, 9.17) is 0 Å². The SMILES string of the molecule is CCC(C)C(=O)N1CC[N+]([O-])(c2cc(S(=O)CC(F)(F)F)c(C)cc2F)CC1. The number of piperazine rings is 1. The summed E-state index contributed by atoms with van der Waals surface area (Å²) in [6.45, 7) is 5.04. The van der Waals surface area contributed by atoms with Crippen LogP contribution in [-0.4, -0.2) is 53.1 Å². The molecule has 1 aliphatic rings. The zero-order chi connectivity index (χ0) is 21.3. The van der Waals surface area contributed by atoms with Gasteiger partial charge in [0, 0.05) is 16.9 Å².